The SMILES string of the molecule is Cc1c2oc3c(-n4c5ccccc5c5ccccc54)ncnc3c2cc2c1oc1c(-n3c4ccccc4c4ccccc43)ncnc12. The van der Waals surface area contributed by atoms with E-state index in [1.54, 1.807) is 12.7 Å². The zero-order valence-electron chi connectivity index (χ0n) is 25.0. The normalized spacial score (nSPS) is 12.4. The van der Waals surface area contributed by atoms with E-state index in [2.05, 4.69) is 88.0 Å². The van der Waals surface area contributed by atoms with Crippen LogP contribution in [0.25, 0.3) is 99.4 Å². The van der Waals surface area contributed by atoms with Gasteiger partial charge in [-0.05, 0) is 37.3 Å². The first-order chi connectivity index (χ1) is 23.3. The third-order valence-corrected chi connectivity index (χ3v) is 9.53. The van der Waals surface area contributed by atoms with Crippen LogP contribution in [0.5, 0.6) is 0 Å². The predicted molar refractivity (Wildman–Crippen MR) is 186 cm³/mol. The third kappa shape index (κ3) is 3.11. The van der Waals surface area contributed by atoms with E-state index < -0.39 is 0 Å². The fourth-order valence-corrected chi connectivity index (χ4v) is 7.52. The molecule has 0 bridgehead atoms. The number of nitrogens with zero attached hydrogens (tertiary/aromatic N) is 6. The molecule has 6 heterocycles. The number of hydrogen-bond donors (Lipinski definition) is 0. The van der Waals surface area contributed by atoms with E-state index in [9.17, 15) is 0 Å². The summed E-state index contributed by atoms with van der Waals surface area (Å²) in [7, 11) is 0. The molecule has 0 saturated heterocycles. The van der Waals surface area contributed by atoms with Crippen molar-refractivity contribution in [3.8, 4) is 11.6 Å². The quantitative estimate of drug-likeness (QED) is 0.195. The standard InChI is InChI=1S/C39H22N6O2/c1-21-34-26(32-36(46-34)38(42-19-40-32)44-28-14-6-2-10-22(28)23-11-3-7-15-29(23)44)18-27-33-37(47-35(21)27)39(43-20-41-33)45-30-16-8-4-12-24(30)25-13-5-9-17-31(25)45/h2-20H,1H3. The molecule has 0 N–H and O–H groups in total. The minimum Gasteiger partial charge on any atom is -0.450 e. The molecule has 0 radical (unpaired) electrons. The van der Waals surface area contributed by atoms with Gasteiger partial charge in [0.2, 0.25) is 0 Å². The molecule has 0 amide bonds. The van der Waals surface area contributed by atoms with Gasteiger partial charge in [0.05, 0.1) is 22.1 Å². The van der Waals surface area contributed by atoms with E-state index in [4.69, 9.17) is 28.8 Å². The number of furan rings is 2. The molecule has 220 valence electrons. The van der Waals surface area contributed by atoms with Gasteiger partial charge in [0.1, 0.15) is 34.9 Å². The Hall–Kier alpha value is -6.54. The topological polar surface area (TPSA) is 87.7 Å². The second-order valence-corrected chi connectivity index (χ2v) is 11.9. The minimum atomic E-state index is 0.620. The van der Waals surface area contributed by atoms with Gasteiger partial charge in [0.15, 0.2) is 22.8 Å². The lowest BCUT2D eigenvalue weighted by Gasteiger charge is -2.06. The van der Waals surface area contributed by atoms with Crippen molar-refractivity contribution in [1.29, 1.82) is 0 Å². The smallest absolute Gasteiger partial charge is 0.197 e. The molecule has 11 rings (SSSR count). The molecule has 0 saturated carbocycles. The van der Waals surface area contributed by atoms with Crippen molar-refractivity contribution in [3.05, 3.63) is 121 Å². The van der Waals surface area contributed by atoms with Crippen LogP contribution in [-0.4, -0.2) is 29.1 Å². The molecule has 8 nitrogen and oxygen atoms in total. The molecule has 0 unspecified atom stereocenters. The fraction of sp³-hybridized carbons (Fsp3) is 0.0256. The number of benzene rings is 5. The molecule has 0 spiro atoms. The summed E-state index contributed by atoms with van der Waals surface area (Å²) in [5, 5.41) is 6.40. The van der Waals surface area contributed by atoms with E-state index in [1.807, 2.05) is 31.2 Å². The minimum absolute atomic E-state index is 0.620. The molecule has 6 aromatic heterocycles. The summed E-state index contributed by atoms with van der Waals surface area (Å²) in [6, 6.07) is 35.6. The highest BCUT2D eigenvalue weighted by molar-refractivity contribution is 6.18. The second-order valence-electron chi connectivity index (χ2n) is 11.9. The van der Waals surface area contributed by atoms with Gasteiger partial charge in [-0.1, -0.05) is 72.8 Å². The molecule has 0 atom stereocenters. The van der Waals surface area contributed by atoms with Gasteiger partial charge in [-0.3, -0.25) is 9.13 Å². The molecule has 47 heavy (non-hydrogen) atoms. The Balaban J connectivity index is 1.21. The average Bonchev–Trinajstić information content (AvgIpc) is 3.87. The van der Waals surface area contributed by atoms with Crippen molar-refractivity contribution in [2.75, 3.05) is 0 Å². The van der Waals surface area contributed by atoms with Gasteiger partial charge in [-0.25, -0.2) is 19.9 Å². The highest BCUT2D eigenvalue weighted by Gasteiger charge is 2.25. The Bertz CT molecular complexity index is 2790. The maximum atomic E-state index is 6.71. The molecular formula is C39H22N6O2. The Kier molecular flexibility index (Phi) is 4.63. The number of hydrogen-bond acceptors (Lipinski definition) is 6. The summed E-state index contributed by atoms with van der Waals surface area (Å²) < 4.78 is 17.7. The summed E-state index contributed by atoms with van der Waals surface area (Å²) in [6.45, 7) is 2.02. The van der Waals surface area contributed by atoms with Crippen LogP contribution in [0, 0.1) is 6.92 Å². The summed E-state index contributed by atoms with van der Waals surface area (Å²) in [5.41, 5.74) is 9.23. The lowest BCUT2D eigenvalue weighted by Crippen LogP contribution is -1.98. The first-order valence-electron chi connectivity index (χ1n) is 15.5. The number of aryl methyl sites for hydroxylation is 1. The van der Waals surface area contributed by atoms with Gasteiger partial charge in [-0.15, -0.1) is 0 Å². The fourth-order valence-electron chi connectivity index (χ4n) is 7.52. The van der Waals surface area contributed by atoms with Gasteiger partial charge in [0.25, 0.3) is 0 Å². The maximum absolute atomic E-state index is 6.71. The van der Waals surface area contributed by atoms with Crippen molar-refractivity contribution in [2.45, 2.75) is 6.92 Å². The van der Waals surface area contributed by atoms with Gasteiger partial charge in [-0.2, -0.15) is 0 Å². The van der Waals surface area contributed by atoms with Crippen LogP contribution in [0.15, 0.2) is 125 Å². The van der Waals surface area contributed by atoms with E-state index in [0.29, 0.717) is 34.0 Å². The lowest BCUT2D eigenvalue weighted by atomic mass is 10.1. The van der Waals surface area contributed by atoms with Crippen molar-refractivity contribution >= 4 is 87.7 Å². The Morgan fingerprint density at radius 3 is 1.17 bits per heavy atom. The molecular weight excluding hydrogens is 584 g/mol. The molecule has 5 aromatic carbocycles. The van der Waals surface area contributed by atoms with Crippen LogP contribution in [0.4, 0.5) is 0 Å². The van der Waals surface area contributed by atoms with Gasteiger partial charge >= 0.3 is 0 Å². The highest BCUT2D eigenvalue weighted by atomic mass is 16.3. The Labute approximate surface area is 265 Å². The van der Waals surface area contributed by atoms with Crippen LogP contribution in [-0.2, 0) is 0 Å². The molecule has 0 aliphatic carbocycles. The Morgan fingerprint density at radius 2 is 0.787 bits per heavy atom. The Morgan fingerprint density at radius 1 is 0.426 bits per heavy atom. The molecule has 0 aliphatic heterocycles. The van der Waals surface area contributed by atoms with Gasteiger partial charge < -0.3 is 8.83 Å². The summed E-state index contributed by atoms with van der Waals surface area (Å²) in [4.78, 5) is 19.1. The zero-order chi connectivity index (χ0) is 30.8. The molecule has 8 heteroatoms. The average molecular weight is 607 g/mol. The third-order valence-electron chi connectivity index (χ3n) is 9.53. The summed E-state index contributed by atoms with van der Waals surface area (Å²) in [5.74, 6) is 1.39. The van der Waals surface area contributed by atoms with Crippen molar-refractivity contribution < 1.29 is 8.83 Å². The van der Waals surface area contributed by atoms with Crippen LogP contribution in [0.2, 0.25) is 0 Å². The molecule has 0 aliphatic rings. The van der Waals surface area contributed by atoms with Crippen molar-refractivity contribution in [3.63, 3.8) is 0 Å². The maximum Gasteiger partial charge on any atom is 0.197 e. The number of para-hydroxylation sites is 4. The van der Waals surface area contributed by atoms with E-state index in [1.165, 1.54) is 0 Å². The zero-order valence-corrected chi connectivity index (χ0v) is 25.0. The van der Waals surface area contributed by atoms with E-state index in [-0.39, 0.29) is 0 Å². The second kappa shape index (κ2) is 8.80. The lowest BCUT2D eigenvalue weighted by molar-refractivity contribution is 0.644. The van der Waals surface area contributed by atoms with Crippen molar-refractivity contribution in [1.82, 2.24) is 29.1 Å². The van der Waals surface area contributed by atoms with Crippen LogP contribution < -0.4 is 0 Å². The van der Waals surface area contributed by atoms with Crippen LogP contribution in [0.1, 0.15) is 5.56 Å². The largest absolute Gasteiger partial charge is 0.450 e. The summed E-state index contributed by atoms with van der Waals surface area (Å²) >= 11 is 0. The first kappa shape index (κ1) is 24.7. The highest BCUT2D eigenvalue weighted by Crippen LogP contribution is 2.42. The monoisotopic (exact) mass is 606 g/mol. The number of aromatic nitrogens is 6. The summed E-state index contributed by atoms with van der Waals surface area (Å²) in [6.07, 6.45) is 3.23. The van der Waals surface area contributed by atoms with E-state index in [0.717, 1.165) is 71.0 Å². The predicted octanol–water partition coefficient (Wildman–Crippen LogP) is 9.57. The first-order valence-corrected chi connectivity index (χ1v) is 15.5. The van der Waals surface area contributed by atoms with E-state index >= 15 is 0 Å². The van der Waals surface area contributed by atoms with Crippen LogP contribution in [0.3, 0.4) is 0 Å². The molecule has 0 fully saturated rings. The van der Waals surface area contributed by atoms with Crippen LogP contribution >= 0.6 is 0 Å². The number of fused-ring (bicyclic) bond motifs is 12. The van der Waals surface area contributed by atoms with Gasteiger partial charge in [0, 0.05) is 37.9 Å². The van der Waals surface area contributed by atoms with Crippen molar-refractivity contribution in [2.24, 2.45) is 0 Å². The molecule has 11 aromatic rings. The number of rotatable bonds is 2.